The lowest BCUT2D eigenvalue weighted by molar-refractivity contribution is 0.358. The first-order chi connectivity index (χ1) is 8.54. The van der Waals surface area contributed by atoms with E-state index >= 15 is 0 Å². The quantitative estimate of drug-likeness (QED) is 0.866. The Balaban J connectivity index is 2.11. The van der Waals surface area contributed by atoms with Crippen molar-refractivity contribution in [3.05, 3.63) is 22.2 Å². The van der Waals surface area contributed by atoms with Gasteiger partial charge in [-0.2, -0.15) is 0 Å². The molecule has 0 saturated heterocycles. The first kappa shape index (κ1) is 13.1. The van der Waals surface area contributed by atoms with Crippen LogP contribution in [0.1, 0.15) is 58.2 Å². The Morgan fingerprint density at radius 3 is 2.89 bits per heavy atom. The van der Waals surface area contributed by atoms with Gasteiger partial charge in [0.25, 0.3) is 5.56 Å². The minimum Gasteiger partial charge on any atom is -0.367 e. The van der Waals surface area contributed by atoms with Gasteiger partial charge in [0.05, 0.1) is 0 Å². The Kier molecular flexibility index (Phi) is 4.04. The molecule has 4 nitrogen and oxygen atoms in total. The number of H-pyrrole nitrogens is 1. The van der Waals surface area contributed by atoms with Crippen molar-refractivity contribution in [1.29, 1.82) is 0 Å². The van der Waals surface area contributed by atoms with Gasteiger partial charge in [-0.25, -0.2) is 4.98 Å². The number of anilines is 1. The number of nitrogens with zero attached hydrogens (tertiary/aromatic N) is 1. The van der Waals surface area contributed by atoms with Crippen molar-refractivity contribution in [3.8, 4) is 0 Å². The van der Waals surface area contributed by atoms with Gasteiger partial charge in [-0.15, -0.1) is 0 Å². The molecular formula is C14H23N3O. The summed E-state index contributed by atoms with van der Waals surface area (Å²) in [6.07, 6.45) is 4.93. The molecule has 1 saturated carbocycles. The van der Waals surface area contributed by atoms with Gasteiger partial charge in [0, 0.05) is 18.0 Å². The maximum Gasteiger partial charge on any atom is 0.252 e. The van der Waals surface area contributed by atoms with E-state index in [9.17, 15) is 4.79 Å². The minimum atomic E-state index is -0.0694. The first-order valence-corrected chi connectivity index (χ1v) is 6.92. The molecule has 0 bridgehead atoms. The van der Waals surface area contributed by atoms with Gasteiger partial charge < -0.3 is 10.3 Å². The molecular weight excluding hydrogens is 226 g/mol. The fraction of sp³-hybridized carbons (Fsp3) is 0.714. The molecule has 1 fully saturated rings. The van der Waals surface area contributed by atoms with Crippen LogP contribution in [0.3, 0.4) is 0 Å². The third-order valence-electron chi connectivity index (χ3n) is 3.60. The predicted molar refractivity (Wildman–Crippen MR) is 74.0 cm³/mol. The van der Waals surface area contributed by atoms with Crippen molar-refractivity contribution in [2.24, 2.45) is 5.92 Å². The van der Waals surface area contributed by atoms with Crippen molar-refractivity contribution < 1.29 is 0 Å². The molecule has 18 heavy (non-hydrogen) atoms. The summed E-state index contributed by atoms with van der Waals surface area (Å²) >= 11 is 0. The fourth-order valence-corrected chi connectivity index (χ4v) is 2.60. The van der Waals surface area contributed by atoms with Gasteiger partial charge in [0.15, 0.2) is 0 Å². The molecule has 2 atom stereocenters. The second-order valence-electron chi connectivity index (χ2n) is 5.78. The summed E-state index contributed by atoms with van der Waals surface area (Å²) in [6.45, 7) is 6.36. The highest BCUT2D eigenvalue weighted by Crippen LogP contribution is 2.25. The van der Waals surface area contributed by atoms with Gasteiger partial charge in [0.1, 0.15) is 11.6 Å². The molecule has 0 aliphatic heterocycles. The van der Waals surface area contributed by atoms with Crippen LogP contribution in [0.25, 0.3) is 0 Å². The van der Waals surface area contributed by atoms with Crippen LogP contribution in [0, 0.1) is 5.92 Å². The van der Waals surface area contributed by atoms with Gasteiger partial charge in [-0.3, -0.25) is 4.79 Å². The smallest absolute Gasteiger partial charge is 0.252 e. The van der Waals surface area contributed by atoms with Crippen LogP contribution in [0.5, 0.6) is 0 Å². The normalized spacial score (nSPS) is 24.2. The molecule has 1 aromatic heterocycles. The molecule has 2 rings (SSSR count). The highest BCUT2D eigenvalue weighted by Gasteiger charge is 2.19. The summed E-state index contributed by atoms with van der Waals surface area (Å²) in [5, 5.41) is 3.42. The zero-order chi connectivity index (χ0) is 13.1. The average molecular weight is 249 g/mol. The summed E-state index contributed by atoms with van der Waals surface area (Å²) in [4.78, 5) is 18.9. The average Bonchev–Trinajstić information content (AvgIpc) is 2.28. The van der Waals surface area contributed by atoms with Crippen molar-refractivity contribution in [1.82, 2.24) is 9.97 Å². The maximum absolute atomic E-state index is 11.6. The van der Waals surface area contributed by atoms with Gasteiger partial charge >= 0.3 is 0 Å². The summed E-state index contributed by atoms with van der Waals surface area (Å²) in [5.41, 5.74) is -0.0694. The standard InChI is InChI=1S/C14H23N3O/c1-9(2)14-16-12(8-13(18)17-14)15-11-6-4-5-10(3)7-11/h8-11H,4-7H2,1-3H3,(H2,15,16,17,18). The number of nitrogens with one attached hydrogen (secondary N) is 2. The zero-order valence-corrected chi connectivity index (χ0v) is 11.5. The molecule has 100 valence electrons. The number of rotatable bonds is 3. The third-order valence-corrected chi connectivity index (χ3v) is 3.60. The molecule has 1 aliphatic carbocycles. The largest absolute Gasteiger partial charge is 0.367 e. The molecule has 0 aromatic carbocycles. The summed E-state index contributed by atoms with van der Waals surface area (Å²) in [5.74, 6) is 2.49. The van der Waals surface area contributed by atoms with E-state index in [1.807, 2.05) is 13.8 Å². The molecule has 1 heterocycles. The molecule has 0 amide bonds. The van der Waals surface area contributed by atoms with E-state index in [2.05, 4.69) is 22.2 Å². The van der Waals surface area contributed by atoms with Crippen LogP contribution < -0.4 is 10.9 Å². The van der Waals surface area contributed by atoms with Crippen LogP contribution in [0.2, 0.25) is 0 Å². The van der Waals surface area contributed by atoms with E-state index in [0.717, 1.165) is 17.6 Å². The summed E-state index contributed by atoms with van der Waals surface area (Å²) in [6, 6.07) is 2.02. The van der Waals surface area contributed by atoms with Gasteiger partial charge in [-0.1, -0.05) is 33.6 Å². The minimum absolute atomic E-state index is 0.0694. The van der Waals surface area contributed by atoms with Crippen LogP contribution in [0.4, 0.5) is 5.82 Å². The lowest BCUT2D eigenvalue weighted by Crippen LogP contribution is -2.27. The molecule has 2 unspecified atom stereocenters. The van der Waals surface area contributed by atoms with E-state index in [4.69, 9.17) is 0 Å². The topological polar surface area (TPSA) is 57.8 Å². The Hall–Kier alpha value is -1.32. The number of aromatic nitrogens is 2. The maximum atomic E-state index is 11.6. The van der Waals surface area contributed by atoms with Crippen molar-refractivity contribution in [2.75, 3.05) is 5.32 Å². The Morgan fingerprint density at radius 1 is 1.44 bits per heavy atom. The van der Waals surface area contributed by atoms with Crippen molar-refractivity contribution in [3.63, 3.8) is 0 Å². The Labute approximate surface area is 108 Å². The molecule has 2 N–H and O–H groups in total. The SMILES string of the molecule is CC1CCCC(Nc2cc(=O)[nH]c(C(C)C)n2)C1. The number of hydrogen-bond donors (Lipinski definition) is 2. The van der Waals surface area contributed by atoms with Crippen LogP contribution in [-0.2, 0) is 0 Å². The monoisotopic (exact) mass is 249 g/mol. The van der Waals surface area contributed by atoms with Crippen molar-refractivity contribution >= 4 is 5.82 Å². The first-order valence-electron chi connectivity index (χ1n) is 6.92. The van der Waals surface area contributed by atoms with Crippen molar-refractivity contribution in [2.45, 2.75) is 58.4 Å². The second kappa shape index (κ2) is 5.55. The lowest BCUT2D eigenvalue weighted by atomic mass is 9.87. The molecule has 1 aliphatic rings. The van der Waals surface area contributed by atoms with Crippen LogP contribution >= 0.6 is 0 Å². The van der Waals surface area contributed by atoms with Crippen LogP contribution in [0.15, 0.2) is 10.9 Å². The molecule has 4 heteroatoms. The highest BCUT2D eigenvalue weighted by molar-refractivity contribution is 5.34. The van der Waals surface area contributed by atoms with Gasteiger partial charge in [-0.05, 0) is 18.8 Å². The number of aromatic amines is 1. The molecule has 0 spiro atoms. The number of hydrogen-bond acceptors (Lipinski definition) is 3. The van der Waals surface area contributed by atoms with Crippen LogP contribution in [-0.4, -0.2) is 16.0 Å². The van der Waals surface area contributed by atoms with E-state index < -0.39 is 0 Å². The van der Waals surface area contributed by atoms with E-state index in [-0.39, 0.29) is 11.5 Å². The molecule has 1 aromatic rings. The second-order valence-corrected chi connectivity index (χ2v) is 5.78. The lowest BCUT2D eigenvalue weighted by Gasteiger charge is -2.27. The third kappa shape index (κ3) is 3.34. The van der Waals surface area contributed by atoms with E-state index in [0.29, 0.717) is 6.04 Å². The fourth-order valence-electron chi connectivity index (χ4n) is 2.60. The van der Waals surface area contributed by atoms with E-state index in [1.54, 1.807) is 6.07 Å². The zero-order valence-electron chi connectivity index (χ0n) is 11.5. The Bertz CT molecular complexity index is 453. The summed E-state index contributed by atoms with van der Waals surface area (Å²) in [7, 11) is 0. The Morgan fingerprint density at radius 2 is 2.22 bits per heavy atom. The molecule has 0 radical (unpaired) electrons. The van der Waals surface area contributed by atoms with E-state index in [1.165, 1.54) is 25.7 Å². The highest BCUT2D eigenvalue weighted by atomic mass is 16.1. The predicted octanol–water partition coefficient (Wildman–Crippen LogP) is 2.88. The van der Waals surface area contributed by atoms with Gasteiger partial charge in [0.2, 0.25) is 0 Å². The summed E-state index contributed by atoms with van der Waals surface area (Å²) < 4.78 is 0.